The summed E-state index contributed by atoms with van der Waals surface area (Å²) in [5, 5.41) is 0.794. The summed E-state index contributed by atoms with van der Waals surface area (Å²) in [6, 6.07) is 9.44. The maximum atomic E-state index is 8.57. The number of hydrogen-bond acceptors (Lipinski definition) is 1. The monoisotopic (exact) mass is 176 g/mol. The minimum Gasteiger partial charge on any atom is -0.285 e. The van der Waals surface area contributed by atoms with Gasteiger partial charge in [-0.25, -0.2) is 0 Å². The Morgan fingerprint density at radius 3 is 1.80 bits per heavy atom. The molecule has 0 heterocycles. The number of rotatable bonds is 0. The van der Waals surface area contributed by atoms with E-state index >= 15 is 0 Å². The first kappa shape index (κ1) is 9.47. The molecule has 1 nitrogen and oxygen atoms in total. The van der Waals surface area contributed by atoms with Crippen molar-refractivity contribution in [2.24, 2.45) is 0 Å². The molecule has 0 atom stereocenters. The van der Waals surface area contributed by atoms with Gasteiger partial charge in [-0.05, 0) is 23.7 Å². The van der Waals surface area contributed by atoms with Crippen LogP contribution in [-0.2, 0) is 4.79 Å². The molecule has 0 saturated heterocycles. The van der Waals surface area contributed by atoms with Gasteiger partial charge in [-0.1, -0.05) is 29.8 Å². The smallest absolute Gasteiger partial charge is 0.208 e. The standard InChI is InChI=1S/C6H5Cl.CHClO/c7-6-4-2-1-3-5-6;2-1-3/h1-5H;1H. The quantitative estimate of drug-likeness (QED) is 0.439. The number of carbonyl (C=O) groups excluding carboxylic acids is 1. The highest BCUT2D eigenvalue weighted by molar-refractivity contribution is 6.54. The van der Waals surface area contributed by atoms with E-state index < -0.39 is 0 Å². The Bertz CT molecular complexity index is 174. The van der Waals surface area contributed by atoms with E-state index in [0.29, 0.717) is 0 Å². The zero-order chi connectivity index (χ0) is 7.82. The lowest BCUT2D eigenvalue weighted by Gasteiger charge is -1.80. The minimum atomic E-state index is 0.222. The highest BCUT2D eigenvalue weighted by Gasteiger charge is 1.74. The molecule has 0 fully saturated rings. The fraction of sp³-hybridized carbons (Fsp3) is 0. The Balaban J connectivity index is 0.000000236. The van der Waals surface area contributed by atoms with E-state index in [1.54, 1.807) is 0 Å². The molecule has 0 bridgehead atoms. The predicted molar refractivity (Wildman–Crippen MR) is 44.1 cm³/mol. The summed E-state index contributed by atoms with van der Waals surface area (Å²) < 4.78 is 0. The molecule has 0 aliphatic rings. The maximum absolute atomic E-state index is 8.57. The molecule has 10 heavy (non-hydrogen) atoms. The number of carbonyl (C=O) groups is 1. The second kappa shape index (κ2) is 6.59. The molecule has 1 aromatic rings. The van der Waals surface area contributed by atoms with Crippen LogP contribution in [0.1, 0.15) is 0 Å². The molecule has 1 rings (SSSR count). The molecule has 0 aromatic heterocycles. The minimum absolute atomic E-state index is 0.222. The molecule has 0 amide bonds. The van der Waals surface area contributed by atoms with Crippen molar-refractivity contribution >= 4 is 28.9 Å². The first-order valence-corrected chi connectivity index (χ1v) is 3.37. The fourth-order valence-corrected chi connectivity index (χ4v) is 0.560. The Morgan fingerprint density at radius 1 is 1.20 bits per heavy atom. The average molecular weight is 177 g/mol. The van der Waals surface area contributed by atoms with Crippen molar-refractivity contribution in [1.82, 2.24) is 0 Å². The molecule has 0 unspecified atom stereocenters. The van der Waals surface area contributed by atoms with Crippen LogP contribution in [0, 0.1) is 0 Å². The average Bonchev–Trinajstić information content (AvgIpc) is 1.91. The molecular weight excluding hydrogens is 171 g/mol. The van der Waals surface area contributed by atoms with Crippen LogP contribution in [0.5, 0.6) is 0 Å². The van der Waals surface area contributed by atoms with Crippen molar-refractivity contribution in [3.8, 4) is 0 Å². The van der Waals surface area contributed by atoms with Gasteiger partial charge in [0.1, 0.15) is 0 Å². The normalized spacial score (nSPS) is 7.40. The first-order chi connectivity index (χ1) is 4.81. The summed E-state index contributed by atoms with van der Waals surface area (Å²) in [5.41, 5.74) is 0. The molecule has 1 aromatic carbocycles. The van der Waals surface area contributed by atoms with Gasteiger partial charge in [0.25, 0.3) is 0 Å². The van der Waals surface area contributed by atoms with Crippen LogP contribution in [0.25, 0.3) is 0 Å². The van der Waals surface area contributed by atoms with E-state index in [1.165, 1.54) is 0 Å². The van der Waals surface area contributed by atoms with E-state index in [4.69, 9.17) is 16.4 Å². The third-order valence-corrected chi connectivity index (χ3v) is 0.985. The van der Waals surface area contributed by atoms with E-state index in [9.17, 15) is 0 Å². The second-order valence-electron chi connectivity index (χ2n) is 1.38. The number of halogens is 2. The van der Waals surface area contributed by atoms with Crippen molar-refractivity contribution in [2.45, 2.75) is 0 Å². The Labute approximate surface area is 69.6 Å². The van der Waals surface area contributed by atoms with Crippen LogP contribution < -0.4 is 0 Å². The van der Waals surface area contributed by atoms with Gasteiger partial charge in [0.05, 0.1) is 0 Å². The van der Waals surface area contributed by atoms with E-state index in [-0.39, 0.29) is 5.75 Å². The molecule has 0 spiro atoms. The highest BCUT2D eigenvalue weighted by atomic mass is 35.5. The van der Waals surface area contributed by atoms with Gasteiger partial charge in [-0.3, -0.25) is 4.79 Å². The summed E-state index contributed by atoms with van der Waals surface area (Å²) >= 11 is 9.86. The maximum Gasteiger partial charge on any atom is 0.208 e. The van der Waals surface area contributed by atoms with Crippen molar-refractivity contribution in [3.63, 3.8) is 0 Å². The van der Waals surface area contributed by atoms with E-state index in [0.717, 1.165) is 5.02 Å². The van der Waals surface area contributed by atoms with Crippen LogP contribution in [0.4, 0.5) is 0 Å². The van der Waals surface area contributed by atoms with Crippen LogP contribution in [0.3, 0.4) is 0 Å². The first-order valence-electron chi connectivity index (χ1n) is 2.55. The van der Waals surface area contributed by atoms with Gasteiger partial charge in [0.15, 0.2) is 0 Å². The van der Waals surface area contributed by atoms with Gasteiger partial charge in [0.2, 0.25) is 5.75 Å². The van der Waals surface area contributed by atoms with Gasteiger partial charge < -0.3 is 0 Å². The summed E-state index contributed by atoms with van der Waals surface area (Å²) in [5.74, 6) is 0.222. The summed E-state index contributed by atoms with van der Waals surface area (Å²) in [4.78, 5) is 8.57. The molecule has 0 aliphatic heterocycles. The van der Waals surface area contributed by atoms with E-state index in [1.807, 2.05) is 30.3 Å². The van der Waals surface area contributed by atoms with Gasteiger partial charge >= 0.3 is 0 Å². The van der Waals surface area contributed by atoms with Crippen molar-refractivity contribution in [1.29, 1.82) is 0 Å². The summed E-state index contributed by atoms with van der Waals surface area (Å²) in [6.07, 6.45) is 0. The van der Waals surface area contributed by atoms with Crippen molar-refractivity contribution in [3.05, 3.63) is 35.4 Å². The number of hydrogen-bond donors (Lipinski definition) is 0. The van der Waals surface area contributed by atoms with Crippen molar-refractivity contribution < 1.29 is 4.79 Å². The summed E-state index contributed by atoms with van der Waals surface area (Å²) in [6.45, 7) is 0. The lowest BCUT2D eigenvalue weighted by molar-refractivity contribution is 0.569. The largest absolute Gasteiger partial charge is 0.285 e. The zero-order valence-corrected chi connectivity index (χ0v) is 6.64. The van der Waals surface area contributed by atoms with Crippen LogP contribution in [-0.4, -0.2) is 5.75 Å². The summed E-state index contributed by atoms with van der Waals surface area (Å²) in [7, 11) is 0. The number of benzene rings is 1. The van der Waals surface area contributed by atoms with Crippen LogP contribution in [0.15, 0.2) is 30.3 Å². The molecular formula is C7H6Cl2O. The van der Waals surface area contributed by atoms with Gasteiger partial charge in [-0.2, -0.15) is 0 Å². The van der Waals surface area contributed by atoms with Crippen LogP contribution in [0.2, 0.25) is 5.02 Å². The second-order valence-corrected chi connectivity index (χ2v) is 2.00. The Hall–Kier alpha value is -0.530. The fourth-order valence-electron chi connectivity index (χ4n) is 0.415. The third-order valence-electron chi connectivity index (χ3n) is 0.733. The van der Waals surface area contributed by atoms with Crippen LogP contribution >= 0.6 is 23.2 Å². The molecule has 3 heteroatoms. The lowest BCUT2D eigenvalue weighted by Crippen LogP contribution is -1.55. The third kappa shape index (κ3) is 5.60. The lowest BCUT2D eigenvalue weighted by atomic mass is 10.4. The molecule has 0 radical (unpaired) electrons. The van der Waals surface area contributed by atoms with Gasteiger partial charge in [0, 0.05) is 5.02 Å². The molecule has 0 N–H and O–H groups in total. The van der Waals surface area contributed by atoms with E-state index in [2.05, 4.69) is 11.6 Å². The molecule has 0 aliphatic carbocycles. The topological polar surface area (TPSA) is 17.1 Å². The molecule has 0 saturated carbocycles. The predicted octanol–water partition coefficient (Wildman–Crippen LogP) is 2.76. The Kier molecular flexibility index (Phi) is 6.24. The molecule has 54 valence electrons. The highest BCUT2D eigenvalue weighted by Crippen LogP contribution is 2.03. The Morgan fingerprint density at radius 2 is 1.60 bits per heavy atom. The van der Waals surface area contributed by atoms with Crippen molar-refractivity contribution in [2.75, 3.05) is 0 Å². The zero-order valence-electron chi connectivity index (χ0n) is 5.13. The van der Waals surface area contributed by atoms with Gasteiger partial charge in [-0.15, -0.1) is 0 Å². The SMILES string of the molecule is Clc1ccccc1.O=CCl.